The molecule has 2 unspecified atom stereocenters. The third kappa shape index (κ3) is 10.3. The number of amides is 2. The number of imidazole rings is 1. The number of nitrogens with one attached hydrogen (secondary N) is 1. The van der Waals surface area contributed by atoms with E-state index in [2.05, 4.69) is 39.8 Å². The summed E-state index contributed by atoms with van der Waals surface area (Å²) in [5.41, 5.74) is 12.4. The monoisotopic (exact) mass is 873 g/mol. The fourth-order valence-corrected chi connectivity index (χ4v) is 9.14. The molecule has 0 radical (unpaired) electrons. The van der Waals surface area contributed by atoms with Gasteiger partial charge in [-0.15, -0.1) is 0 Å². The van der Waals surface area contributed by atoms with Gasteiger partial charge in [0.1, 0.15) is 5.60 Å². The van der Waals surface area contributed by atoms with E-state index in [1.54, 1.807) is 6.07 Å². The first kappa shape index (κ1) is 45.1. The molecule has 2 aliphatic rings. The molecule has 2 saturated heterocycles. The highest BCUT2D eigenvalue weighted by Gasteiger charge is 2.36. The van der Waals surface area contributed by atoms with Gasteiger partial charge in [0.05, 0.1) is 29.5 Å². The summed E-state index contributed by atoms with van der Waals surface area (Å²) in [6.07, 6.45) is 6.33. The van der Waals surface area contributed by atoms with Gasteiger partial charge in [-0.25, -0.2) is 9.78 Å². The molecule has 2 atom stereocenters. The van der Waals surface area contributed by atoms with Crippen molar-refractivity contribution in [2.45, 2.75) is 97.4 Å². The minimum atomic E-state index is -0.442. The molecular formula is C47H58Cl3N7O3. The molecule has 13 heteroatoms. The molecule has 0 saturated carbocycles. The third-order valence-electron chi connectivity index (χ3n) is 11.3. The van der Waals surface area contributed by atoms with Gasteiger partial charge in [-0.05, 0) is 83.2 Å². The van der Waals surface area contributed by atoms with E-state index < -0.39 is 5.60 Å². The summed E-state index contributed by atoms with van der Waals surface area (Å²) in [6, 6.07) is 22.0. The molecule has 7 rings (SSSR count). The number of carbonyl (C=O) groups excluding carboxylic acids is 2. The molecular weight excluding hydrogens is 817 g/mol. The zero-order chi connectivity index (χ0) is 43.3. The Morgan fingerprint density at radius 2 is 1.67 bits per heavy atom. The lowest BCUT2D eigenvalue weighted by Gasteiger charge is -2.40. The Kier molecular flexibility index (Phi) is 14.6. The molecule has 0 aliphatic carbocycles. The molecule has 2 aromatic heterocycles. The maximum absolute atomic E-state index is 12.3. The van der Waals surface area contributed by atoms with Gasteiger partial charge in [0.2, 0.25) is 5.91 Å². The number of nitrogens with two attached hydrogens (primary N) is 1. The summed E-state index contributed by atoms with van der Waals surface area (Å²) in [5, 5.41) is 2.79. The average Bonchev–Trinajstić information content (AvgIpc) is 3.97. The molecule has 3 aromatic carbocycles. The highest BCUT2D eigenvalue weighted by molar-refractivity contribution is 6.35. The van der Waals surface area contributed by atoms with E-state index in [0.29, 0.717) is 39.3 Å². The Hall–Kier alpha value is -4.48. The average molecular weight is 875 g/mol. The third-order valence-corrected chi connectivity index (χ3v) is 12.1. The Morgan fingerprint density at radius 3 is 2.30 bits per heavy atom. The number of rotatable bonds is 10. The Bertz CT molecular complexity index is 2290. The first-order valence-corrected chi connectivity index (χ1v) is 22.1. The molecule has 0 spiro atoms. The number of fused-ring (bicyclic) bond motifs is 1. The number of piperidine rings is 1. The standard InChI is InChI=1S/C27H21Cl3N4.C20H37N3O3/c1-15(31)25-24(21-11-9-19(29)13-23(21)33-25)27-26(17-6-4-3-5-7-17)32-14-34(27)16(2)20-10-8-18(28)12-22(20)30;1-6-11-23(18(24)7-2)16-8-12-21(13-9-16)17-10-14-22(15-17)19(25)26-20(3,4)5/h3-14,16,33H,1,31H2,2H3;16-17H,6-15H2,1-5H3. The number of aromatic amines is 1. The molecule has 10 nitrogen and oxygen atoms in total. The van der Waals surface area contributed by atoms with Crippen molar-refractivity contribution < 1.29 is 14.3 Å². The number of likely N-dealkylation sites (tertiary alicyclic amines) is 2. The second kappa shape index (κ2) is 19.5. The second-order valence-corrected chi connectivity index (χ2v) is 18.0. The van der Waals surface area contributed by atoms with E-state index >= 15 is 0 Å². The lowest BCUT2D eigenvalue weighted by molar-refractivity contribution is -0.134. The first-order chi connectivity index (χ1) is 28.6. The van der Waals surface area contributed by atoms with Gasteiger partial charge < -0.3 is 29.8 Å². The molecule has 0 bridgehead atoms. The van der Waals surface area contributed by atoms with Gasteiger partial charge in [-0.1, -0.05) is 97.7 Å². The van der Waals surface area contributed by atoms with Crippen molar-refractivity contribution in [1.82, 2.24) is 29.2 Å². The summed E-state index contributed by atoms with van der Waals surface area (Å²) < 4.78 is 7.61. The zero-order valence-electron chi connectivity index (χ0n) is 35.6. The van der Waals surface area contributed by atoms with E-state index in [-0.39, 0.29) is 18.0 Å². The van der Waals surface area contributed by atoms with E-state index in [1.165, 1.54) is 0 Å². The molecule has 60 heavy (non-hydrogen) atoms. The Labute approximate surface area is 369 Å². The largest absolute Gasteiger partial charge is 0.444 e. The van der Waals surface area contributed by atoms with E-state index in [1.807, 2.05) is 99.6 Å². The van der Waals surface area contributed by atoms with E-state index in [0.717, 1.165) is 103 Å². The highest BCUT2D eigenvalue weighted by atomic mass is 35.5. The number of hydrogen-bond donors (Lipinski definition) is 2. The number of ether oxygens (including phenoxy) is 1. The van der Waals surface area contributed by atoms with E-state index in [9.17, 15) is 9.59 Å². The Balaban J connectivity index is 0.000000209. The van der Waals surface area contributed by atoms with Crippen LogP contribution in [0.2, 0.25) is 15.1 Å². The van der Waals surface area contributed by atoms with Crippen LogP contribution in [0, 0.1) is 0 Å². The van der Waals surface area contributed by atoms with Crippen molar-refractivity contribution in [3.63, 3.8) is 0 Å². The number of carbonyl (C=O) groups is 2. The number of benzene rings is 3. The maximum Gasteiger partial charge on any atom is 0.410 e. The van der Waals surface area contributed by atoms with Gasteiger partial charge in [-0.2, -0.15) is 0 Å². The summed E-state index contributed by atoms with van der Waals surface area (Å²) in [7, 11) is 0. The van der Waals surface area contributed by atoms with Gasteiger partial charge in [0, 0.05) is 94.0 Å². The zero-order valence-corrected chi connectivity index (χ0v) is 37.9. The molecule has 4 heterocycles. The van der Waals surface area contributed by atoms with Crippen LogP contribution < -0.4 is 5.73 Å². The van der Waals surface area contributed by atoms with Crippen LogP contribution in [0.4, 0.5) is 4.79 Å². The van der Waals surface area contributed by atoms with Crippen molar-refractivity contribution in [2.75, 3.05) is 32.7 Å². The van der Waals surface area contributed by atoms with Crippen LogP contribution in [-0.2, 0) is 9.53 Å². The van der Waals surface area contributed by atoms with E-state index in [4.69, 9.17) is 50.3 Å². The quantitative estimate of drug-likeness (QED) is 0.144. The highest BCUT2D eigenvalue weighted by Crippen LogP contribution is 2.43. The maximum atomic E-state index is 12.3. The predicted octanol–water partition coefficient (Wildman–Crippen LogP) is 11.3. The van der Waals surface area contributed by atoms with Gasteiger partial charge >= 0.3 is 6.09 Å². The topological polar surface area (TPSA) is 113 Å². The van der Waals surface area contributed by atoms with Gasteiger partial charge in [-0.3, -0.25) is 9.69 Å². The fraction of sp³-hybridized carbons (Fsp3) is 0.426. The summed E-state index contributed by atoms with van der Waals surface area (Å²) in [5.74, 6) is 0.280. The van der Waals surface area contributed by atoms with Crippen LogP contribution in [-0.4, -0.2) is 91.6 Å². The van der Waals surface area contributed by atoms with Gasteiger partial charge in [0.15, 0.2) is 0 Å². The lowest BCUT2D eigenvalue weighted by atomic mass is 9.99. The SMILES string of the molecule is C=C(N)c1[nH]c2cc(Cl)ccc2c1-c1c(-c2ccccc2)ncn1C(C)c1ccc(Cl)cc1Cl.CCCN(C(=O)CC)C1CCN(C2CCN(C(=O)OC(C)(C)C)C2)CC1. The minimum absolute atomic E-state index is 0.138. The molecule has 5 aromatic rings. The Morgan fingerprint density at radius 1 is 0.983 bits per heavy atom. The summed E-state index contributed by atoms with van der Waals surface area (Å²) >= 11 is 19.0. The van der Waals surface area contributed by atoms with Gasteiger partial charge in [0.25, 0.3) is 0 Å². The second-order valence-electron chi connectivity index (χ2n) is 16.7. The van der Waals surface area contributed by atoms with Crippen LogP contribution in [0.5, 0.6) is 0 Å². The fourth-order valence-electron chi connectivity index (χ4n) is 8.41. The molecule has 320 valence electrons. The van der Waals surface area contributed by atoms with Crippen LogP contribution in [0.3, 0.4) is 0 Å². The van der Waals surface area contributed by atoms with Crippen LogP contribution in [0.1, 0.15) is 90.9 Å². The number of H-pyrrole nitrogens is 1. The number of hydrogen-bond acceptors (Lipinski definition) is 6. The number of aromatic nitrogens is 3. The van der Waals surface area contributed by atoms with Crippen LogP contribution >= 0.6 is 34.8 Å². The normalized spacial score (nSPS) is 16.7. The van der Waals surface area contributed by atoms with Crippen LogP contribution in [0.15, 0.2) is 79.6 Å². The number of halogens is 3. The molecule has 3 N–H and O–H groups in total. The first-order valence-electron chi connectivity index (χ1n) is 20.9. The smallest absolute Gasteiger partial charge is 0.410 e. The van der Waals surface area contributed by atoms with Crippen molar-refractivity contribution in [1.29, 1.82) is 0 Å². The van der Waals surface area contributed by atoms with Crippen molar-refractivity contribution in [3.8, 4) is 22.5 Å². The number of nitrogens with zero attached hydrogens (tertiary/aromatic N) is 5. The van der Waals surface area contributed by atoms with Crippen molar-refractivity contribution >= 4 is 63.4 Å². The summed E-state index contributed by atoms with van der Waals surface area (Å²) in [6.45, 7) is 20.3. The molecule has 2 aliphatic heterocycles. The van der Waals surface area contributed by atoms with Crippen molar-refractivity contribution in [3.05, 3.63) is 106 Å². The summed E-state index contributed by atoms with van der Waals surface area (Å²) in [4.78, 5) is 39.2. The van der Waals surface area contributed by atoms with Crippen LogP contribution in [0.25, 0.3) is 39.1 Å². The lowest BCUT2D eigenvalue weighted by Crippen LogP contribution is -2.50. The molecule has 2 fully saturated rings. The minimum Gasteiger partial charge on any atom is -0.444 e. The molecule has 2 amide bonds. The van der Waals surface area contributed by atoms with Crippen molar-refractivity contribution in [2.24, 2.45) is 5.73 Å². The predicted molar refractivity (Wildman–Crippen MR) is 247 cm³/mol.